The van der Waals surface area contributed by atoms with Gasteiger partial charge in [0.2, 0.25) is 0 Å². The van der Waals surface area contributed by atoms with Crippen molar-refractivity contribution in [2.45, 2.75) is 44.8 Å². The summed E-state index contributed by atoms with van der Waals surface area (Å²) >= 11 is 0. The van der Waals surface area contributed by atoms with Gasteiger partial charge in [-0.1, -0.05) is 30.7 Å². The summed E-state index contributed by atoms with van der Waals surface area (Å²) in [7, 11) is 0. The van der Waals surface area contributed by atoms with E-state index >= 15 is 0 Å². The van der Waals surface area contributed by atoms with Gasteiger partial charge in [-0.15, -0.1) is 0 Å². The number of piperidine rings is 1. The molecular weight excluding hydrogens is 198 g/mol. The van der Waals surface area contributed by atoms with Gasteiger partial charge in [-0.3, -0.25) is 0 Å². The van der Waals surface area contributed by atoms with Gasteiger partial charge in [-0.2, -0.15) is 0 Å². The standard InChI is InChI=1S/C14H21NO/c1-11(16)10-12-5-7-13(8-6-12)14-4-2-3-9-15-14/h5-8,11,14-16H,2-4,9-10H2,1H3. The van der Waals surface area contributed by atoms with Crippen LogP contribution in [0.25, 0.3) is 0 Å². The van der Waals surface area contributed by atoms with Crippen LogP contribution in [-0.2, 0) is 6.42 Å². The van der Waals surface area contributed by atoms with Gasteiger partial charge in [0.05, 0.1) is 6.10 Å². The molecule has 0 aromatic heterocycles. The van der Waals surface area contributed by atoms with E-state index in [2.05, 4.69) is 29.6 Å². The van der Waals surface area contributed by atoms with Crippen LogP contribution in [0.4, 0.5) is 0 Å². The maximum absolute atomic E-state index is 9.31. The minimum atomic E-state index is -0.251. The Morgan fingerprint density at radius 1 is 1.31 bits per heavy atom. The Labute approximate surface area is 97.7 Å². The molecule has 1 aromatic carbocycles. The van der Waals surface area contributed by atoms with Crippen LogP contribution < -0.4 is 5.32 Å². The number of nitrogens with one attached hydrogen (secondary N) is 1. The van der Waals surface area contributed by atoms with E-state index in [9.17, 15) is 5.11 Å². The van der Waals surface area contributed by atoms with Crippen molar-refractivity contribution in [1.82, 2.24) is 5.32 Å². The summed E-state index contributed by atoms with van der Waals surface area (Å²) < 4.78 is 0. The maximum Gasteiger partial charge on any atom is 0.0552 e. The molecule has 0 radical (unpaired) electrons. The third-order valence-corrected chi connectivity index (χ3v) is 3.22. The zero-order valence-corrected chi connectivity index (χ0v) is 9.95. The quantitative estimate of drug-likeness (QED) is 0.818. The summed E-state index contributed by atoms with van der Waals surface area (Å²) in [5.74, 6) is 0. The smallest absolute Gasteiger partial charge is 0.0552 e. The van der Waals surface area contributed by atoms with Crippen LogP contribution in [0.15, 0.2) is 24.3 Å². The largest absolute Gasteiger partial charge is 0.393 e. The topological polar surface area (TPSA) is 32.3 Å². The third-order valence-electron chi connectivity index (χ3n) is 3.22. The molecule has 0 amide bonds. The van der Waals surface area contributed by atoms with Gasteiger partial charge in [0.1, 0.15) is 0 Å². The number of aliphatic hydroxyl groups excluding tert-OH is 1. The van der Waals surface area contributed by atoms with Crippen molar-refractivity contribution in [3.8, 4) is 0 Å². The third kappa shape index (κ3) is 3.06. The van der Waals surface area contributed by atoms with E-state index in [-0.39, 0.29) is 6.10 Å². The number of hydrogen-bond acceptors (Lipinski definition) is 2. The van der Waals surface area contributed by atoms with Crippen LogP contribution in [-0.4, -0.2) is 17.8 Å². The van der Waals surface area contributed by atoms with Crippen LogP contribution in [0.1, 0.15) is 43.4 Å². The second kappa shape index (κ2) is 5.46. The molecule has 2 rings (SSSR count). The van der Waals surface area contributed by atoms with Gasteiger partial charge in [-0.05, 0) is 43.9 Å². The van der Waals surface area contributed by atoms with Crippen LogP contribution in [0.3, 0.4) is 0 Å². The summed E-state index contributed by atoms with van der Waals surface area (Å²) in [6.07, 6.45) is 4.37. The lowest BCUT2D eigenvalue weighted by Gasteiger charge is -2.24. The summed E-state index contributed by atoms with van der Waals surface area (Å²) in [5, 5.41) is 12.9. The van der Waals surface area contributed by atoms with Crippen LogP contribution >= 0.6 is 0 Å². The molecule has 2 N–H and O–H groups in total. The Kier molecular flexibility index (Phi) is 3.97. The number of benzene rings is 1. The lowest BCUT2D eigenvalue weighted by Crippen LogP contribution is -2.26. The van der Waals surface area contributed by atoms with E-state index in [0.29, 0.717) is 6.04 Å². The first-order valence-electron chi connectivity index (χ1n) is 6.26. The Bertz CT molecular complexity index is 312. The highest BCUT2D eigenvalue weighted by molar-refractivity contribution is 5.25. The van der Waals surface area contributed by atoms with Crippen molar-refractivity contribution in [2.24, 2.45) is 0 Å². The number of aliphatic hydroxyl groups is 1. The lowest BCUT2D eigenvalue weighted by molar-refractivity contribution is 0.195. The van der Waals surface area contributed by atoms with E-state index < -0.39 is 0 Å². The predicted octanol–water partition coefficient (Wildman–Crippen LogP) is 2.42. The Morgan fingerprint density at radius 3 is 2.62 bits per heavy atom. The van der Waals surface area contributed by atoms with Gasteiger partial charge >= 0.3 is 0 Å². The highest BCUT2D eigenvalue weighted by atomic mass is 16.3. The van der Waals surface area contributed by atoms with E-state index in [1.807, 2.05) is 6.92 Å². The molecule has 1 saturated heterocycles. The van der Waals surface area contributed by atoms with Crippen molar-refractivity contribution in [3.05, 3.63) is 35.4 Å². The average molecular weight is 219 g/mol. The van der Waals surface area contributed by atoms with Gasteiger partial charge in [0.25, 0.3) is 0 Å². The van der Waals surface area contributed by atoms with Gasteiger partial charge in [0, 0.05) is 6.04 Å². The average Bonchev–Trinajstić information content (AvgIpc) is 2.30. The van der Waals surface area contributed by atoms with Crippen molar-refractivity contribution < 1.29 is 5.11 Å². The monoisotopic (exact) mass is 219 g/mol. The van der Waals surface area contributed by atoms with Gasteiger partial charge in [-0.25, -0.2) is 0 Å². The molecular formula is C14H21NO. The van der Waals surface area contributed by atoms with Crippen LogP contribution in [0, 0.1) is 0 Å². The van der Waals surface area contributed by atoms with Crippen molar-refractivity contribution in [3.63, 3.8) is 0 Å². The maximum atomic E-state index is 9.31. The molecule has 1 aliphatic rings. The molecule has 0 saturated carbocycles. The number of hydrogen-bond donors (Lipinski definition) is 2. The molecule has 0 bridgehead atoms. The zero-order chi connectivity index (χ0) is 11.4. The molecule has 0 aliphatic carbocycles. The lowest BCUT2D eigenvalue weighted by atomic mass is 9.96. The Hall–Kier alpha value is -0.860. The fraction of sp³-hybridized carbons (Fsp3) is 0.571. The van der Waals surface area contributed by atoms with Crippen molar-refractivity contribution in [1.29, 1.82) is 0 Å². The van der Waals surface area contributed by atoms with E-state index in [4.69, 9.17) is 0 Å². The molecule has 0 spiro atoms. The molecule has 1 fully saturated rings. The molecule has 2 unspecified atom stereocenters. The summed E-state index contributed by atoms with van der Waals surface area (Å²) in [4.78, 5) is 0. The molecule has 2 heteroatoms. The summed E-state index contributed by atoms with van der Waals surface area (Å²) in [5.41, 5.74) is 2.60. The molecule has 88 valence electrons. The van der Waals surface area contributed by atoms with E-state index in [1.54, 1.807) is 0 Å². The Morgan fingerprint density at radius 2 is 2.06 bits per heavy atom. The van der Waals surface area contributed by atoms with Gasteiger partial charge < -0.3 is 10.4 Å². The first-order chi connectivity index (χ1) is 7.75. The van der Waals surface area contributed by atoms with Crippen LogP contribution in [0.2, 0.25) is 0 Å². The minimum Gasteiger partial charge on any atom is -0.393 e. The van der Waals surface area contributed by atoms with Crippen molar-refractivity contribution >= 4 is 0 Å². The fourth-order valence-electron chi connectivity index (χ4n) is 2.36. The summed E-state index contributed by atoms with van der Waals surface area (Å²) in [6.45, 7) is 2.97. The highest BCUT2D eigenvalue weighted by Crippen LogP contribution is 2.23. The first kappa shape index (κ1) is 11.6. The highest BCUT2D eigenvalue weighted by Gasteiger charge is 2.14. The van der Waals surface area contributed by atoms with Gasteiger partial charge in [0.15, 0.2) is 0 Å². The molecule has 16 heavy (non-hydrogen) atoms. The molecule has 2 nitrogen and oxygen atoms in total. The van der Waals surface area contributed by atoms with E-state index in [0.717, 1.165) is 13.0 Å². The van der Waals surface area contributed by atoms with Crippen molar-refractivity contribution in [2.75, 3.05) is 6.54 Å². The summed E-state index contributed by atoms with van der Waals surface area (Å²) in [6, 6.07) is 9.20. The number of rotatable bonds is 3. The van der Waals surface area contributed by atoms with Crippen LogP contribution in [0.5, 0.6) is 0 Å². The second-order valence-corrected chi connectivity index (χ2v) is 4.80. The van der Waals surface area contributed by atoms with E-state index in [1.165, 1.54) is 30.4 Å². The second-order valence-electron chi connectivity index (χ2n) is 4.80. The molecule has 2 atom stereocenters. The molecule has 1 aliphatic heterocycles. The fourth-order valence-corrected chi connectivity index (χ4v) is 2.36. The SMILES string of the molecule is CC(O)Cc1ccc(C2CCCCN2)cc1. The predicted molar refractivity (Wildman–Crippen MR) is 66.4 cm³/mol. The minimum absolute atomic E-state index is 0.251. The normalized spacial score (nSPS) is 23.0. The first-order valence-corrected chi connectivity index (χ1v) is 6.26. The zero-order valence-electron chi connectivity index (χ0n) is 9.95. The molecule has 1 heterocycles. The molecule has 1 aromatic rings. The Balaban J connectivity index is 2.00.